The topological polar surface area (TPSA) is 26.5 Å². The quantitative estimate of drug-likeness (QED) is 0.528. The summed E-state index contributed by atoms with van der Waals surface area (Å²) in [6.07, 6.45) is 2.41. The van der Waals surface area contributed by atoms with Gasteiger partial charge in [0.2, 0.25) is 0 Å². The fourth-order valence-corrected chi connectivity index (χ4v) is 4.44. The van der Waals surface area contributed by atoms with Crippen LogP contribution in [0, 0.1) is 0 Å². The van der Waals surface area contributed by atoms with Crippen LogP contribution >= 0.6 is 34.5 Å². The first kappa shape index (κ1) is 17.8. The summed E-state index contributed by atoms with van der Waals surface area (Å²) in [7, 11) is 0. The van der Waals surface area contributed by atoms with Gasteiger partial charge in [0.25, 0.3) is 0 Å². The van der Waals surface area contributed by atoms with Gasteiger partial charge < -0.3 is 9.30 Å². The van der Waals surface area contributed by atoms with Gasteiger partial charge in [0.1, 0.15) is 0 Å². The molecule has 4 rings (SSSR count). The molecule has 1 aliphatic heterocycles. The van der Waals surface area contributed by atoms with Gasteiger partial charge in [0, 0.05) is 27.6 Å². The summed E-state index contributed by atoms with van der Waals surface area (Å²) in [4.78, 5) is 5.75. The highest BCUT2D eigenvalue weighted by Crippen LogP contribution is 2.26. The van der Waals surface area contributed by atoms with Gasteiger partial charge in [-0.05, 0) is 43.2 Å². The number of hydrogen-bond donors (Lipinski definition) is 0. The second-order valence-corrected chi connectivity index (χ2v) is 7.96. The predicted octanol–water partition coefficient (Wildman–Crippen LogP) is 5.93. The summed E-state index contributed by atoms with van der Waals surface area (Å²) in [6.45, 7) is 1.62. The number of hydrogen-bond acceptors (Lipinski definition) is 3. The molecule has 2 aromatic carbocycles. The van der Waals surface area contributed by atoms with Crippen LogP contribution in [0.25, 0.3) is 11.3 Å². The molecule has 3 nitrogen and oxygen atoms in total. The Bertz CT molecular complexity index is 974. The van der Waals surface area contributed by atoms with Gasteiger partial charge in [-0.15, -0.1) is 11.3 Å². The monoisotopic (exact) mass is 404 g/mol. The van der Waals surface area contributed by atoms with Gasteiger partial charge in [0.15, 0.2) is 4.80 Å². The number of aromatic nitrogens is 1. The molecule has 1 aromatic heterocycles. The third-order valence-electron chi connectivity index (χ3n) is 4.36. The summed E-state index contributed by atoms with van der Waals surface area (Å²) in [5.74, 6) is 0. The SMILES string of the molecule is Clc1cccc(N=c2scc(-c3cccc(Cl)c3)n2CC2CCCO2)c1. The maximum absolute atomic E-state index is 6.20. The molecule has 0 bridgehead atoms. The van der Waals surface area contributed by atoms with E-state index in [9.17, 15) is 0 Å². The first-order valence-electron chi connectivity index (χ1n) is 8.55. The minimum absolute atomic E-state index is 0.223. The first-order chi connectivity index (χ1) is 12.7. The zero-order chi connectivity index (χ0) is 17.9. The highest BCUT2D eigenvalue weighted by molar-refractivity contribution is 7.07. The van der Waals surface area contributed by atoms with E-state index in [0.29, 0.717) is 5.02 Å². The van der Waals surface area contributed by atoms with E-state index in [0.717, 1.165) is 52.8 Å². The van der Waals surface area contributed by atoms with Gasteiger partial charge >= 0.3 is 0 Å². The Morgan fingerprint density at radius 3 is 2.65 bits per heavy atom. The van der Waals surface area contributed by atoms with Crippen LogP contribution in [0.3, 0.4) is 0 Å². The Morgan fingerprint density at radius 2 is 1.92 bits per heavy atom. The normalized spacial score (nSPS) is 17.8. The van der Waals surface area contributed by atoms with Crippen molar-refractivity contribution in [3.63, 3.8) is 0 Å². The average Bonchev–Trinajstić information content (AvgIpc) is 3.26. The summed E-state index contributed by atoms with van der Waals surface area (Å²) >= 11 is 13.9. The minimum atomic E-state index is 0.223. The van der Waals surface area contributed by atoms with Gasteiger partial charge in [-0.2, -0.15) is 0 Å². The molecule has 0 radical (unpaired) electrons. The molecule has 1 fully saturated rings. The number of ether oxygens (including phenoxy) is 1. The Balaban J connectivity index is 1.80. The van der Waals surface area contributed by atoms with Gasteiger partial charge in [-0.1, -0.05) is 41.4 Å². The summed E-state index contributed by atoms with van der Waals surface area (Å²) in [6, 6.07) is 15.5. The molecule has 2 heterocycles. The van der Waals surface area contributed by atoms with Crippen LogP contribution in [-0.2, 0) is 11.3 Å². The Hall–Kier alpha value is -1.59. The fourth-order valence-electron chi connectivity index (χ4n) is 3.12. The van der Waals surface area contributed by atoms with E-state index in [1.807, 2.05) is 42.5 Å². The van der Waals surface area contributed by atoms with Gasteiger partial charge in [-0.25, -0.2) is 4.99 Å². The zero-order valence-corrected chi connectivity index (χ0v) is 16.4. The van der Waals surface area contributed by atoms with E-state index >= 15 is 0 Å². The van der Waals surface area contributed by atoms with Crippen molar-refractivity contribution in [2.45, 2.75) is 25.5 Å². The van der Waals surface area contributed by atoms with Crippen molar-refractivity contribution in [3.8, 4) is 11.3 Å². The van der Waals surface area contributed by atoms with Gasteiger partial charge in [0.05, 0.1) is 24.0 Å². The molecular weight excluding hydrogens is 387 g/mol. The van der Waals surface area contributed by atoms with Crippen LogP contribution in [0.4, 0.5) is 5.69 Å². The molecule has 0 amide bonds. The Kier molecular flexibility index (Phi) is 5.46. The van der Waals surface area contributed by atoms with Crippen molar-refractivity contribution in [1.29, 1.82) is 0 Å². The second-order valence-electron chi connectivity index (χ2n) is 6.25. The second kappa shape index (κ2) is 7.97. The zero-order valence-electron chi connectivity index (χ0n) is 14.1. The Morgan fingerprint density at radius 1 is 1.12 bits per heavy atom. The lowest BCUT2D eigenvalue weighted by Gasteiger charge is -2.14. The number of thiazole rings is 1. The van der Waals surface area contributed by atoms with Crippen LogP contribution in [-0.4, -0.2) is 17.3 Å². The standard InChI is InChI=1S/C20H18Cl2N2OS/c21-15-5-1-4-14(10-15)19-13-26-20(23-17-7-2-6-16(22)11-17)24(19)12-18-8-3-9-25-18/h1-2,4-7,10-11,13,18H,3,8-9,12H2. The molecule has 1 atom stereocenters. The van der Waals surface area contributed by atoms with Crippen molar-refractivity contribution < 1.29 is 4.74 Å². The maximum Gasteiger partial charge on any atom is 0.190 e. The van der Waals surface area contributed by atoms with Crippen LogP contribution in [0.2, 0.25) is 10.0 Å². The Labute approximate surface area is 166 Å². The predicted molar refractivity (Wildman–Crippen MR) is 108 cm³/mol. The highest BCUT2D eigenvalue weighted by Gasteiger charge is 2.19. The van der Waals surface area contributed by atoms with E-state index in [-0.39, 0.29) is 6.10 Å². The van der Waals surface area contributed by atoms with Crippen LogP contribution in [0.5, 0.6) is 0 Å². The largest absolute Gasteiger partial charge is 0.376 e. The van der Waals surface area contributed by atoms with Crippen molar-refractivity contribution in [2.75, 3.05) is 6.61 Å². The van der Waals surface area contributed by atoms with Crippen LogP contribution < -0.4 is 4.80 Å². The van der Waals surface area contributed by atoms with Crippen molar-refractivity contribution in [2.24, 2.45) is 4.99 Å². The molecule has 0 saturated carbocycles. The first-order valence-corrected chi connectivity index (χ1v) is 10.2. The molecule has 6 heteroatoms. The third-order valence-corrected chi connectivity index (χ3v) is 5.69. The minimum Gasteiger partial charge on any atom is -0.376 e. The lowest BCUT2D eigenvalue weighted by Crippen LogP contribution is -2.24. The van der Waals surface area contributed by atoms with Gasteiger partial charge in [-0.3, -0.25) is 0 Å². The highest BCUT2D eigenvalue weighted by atomic mass is 35.5. The maximum atomic E-state index is 6.20. The van der Waals surface area contributed by atoms with Crippen LogP contribution in [0.1, 0.15) is 12.8 Å². The van der Waals surface area contributed by atoms with E-state index in [1.165, 1.54) is 0 Å². The third kappa shape index (κ3) is 4.04. The van der Waals surface area contributed by atoms with E-state index in [4.69, 9.17) is 32.9 Å². The van der Waals surface area contributed by atoms with Crippen molar-refractivity contribution >= 4 is 40.2 Å². The lowest BCUT2D eigenvalue weighted by molar-refractivity contribution is 0.0968. The molecule has 26 heavy (non-hydrogen) atoms. The van der Waals surface area contributed by atoms with Crippen molar-refractivity contribution in [1.82, 2.24) is 4.57 Å². The number of benzene rings is 2. The molecule has 134 valence electrons. The summed E-state index contributed by atoms with van der Waals surface area (Å²) < 4.78 is 8.09. The molecular formula is C20H18Cl2N2OS. The van der Waals surface area contributed by atoms with Crippen molar-refractivity contribution in [3.05, 3.63) is 68.8 Å². The van der Waals surface area contributed by atoms with Crippen LogP contribution in [0.15, 0.2) is 58.9 Å². The molecule has 0 spiro atoms. The van der Waals surface area contributed by atoms with E-state index in [2.05, 4.69) is 16.0 Å². The summed E-state index contributed by atoms with van der Waals surface area (Å²) in [5.41, 5.74) is 3.03. The smallest absolute Gasteiger partial charge is 0.190 e. The number of rotatable bonds is 4. The lowest BCUT2D eigenvalue weighted by atomic mass is 10.1. The molecule has 1 unspecified atom stereocenters. The number of halogens is 2. The fraction of sp³-hybridized carbons (Fsp3) is 0.250. The average molecular weight is 405 g/mol. The molecule has 0 aliphatic carbocycles. The molecule has 0 N–H and O–H groups in total. The molecule has 1 aliphatic rings. The van der Waals surface area contributed by atoms with E-state index in [1.54, 1.807) is 11.3 Å². The number of nitrogens with zero attached hydrogens (tertiary/aromatic N) is 2. The molecule has 1 saturated heterocycles. The molecule has 3 aromatic rings. The van der Waals surface area contributed by atoms with E-state index < -0.39 is 0 Å². The summed E-state index contributed by atoms with van der Waals surface area (Å²) in [5, 5.41) is 3.54.